The lowest BCUT2D eigenvalue weighted by Gasteiger charge is -1.77. The lowest BCUT2D eigenvalue weighted by Crippen LogP contribution is -2.09. The Morgan fingerprint density at radius 1 is 2.00 bits per heavy atom. The third kappa shape index (κ3) is 3.95. The van der Waals surface area contributed by atoms with E-state index in [-0.39, 0.29) is 5.84 Å². The fourth-order valence-electron chi connectivity index (χ4n) is 0. The SMILES string of the molecule is N=C(N)CBr. The zero-order chi connectivity index (χ0) is 4.28. The quantitative estimate of drug-likeness (QED) is 0.305. The van der Waals surface area contributed by atoms with Gasteiger partial charge in [0.25, 0.3) is 0 Å². The molecule has 0 rings (SSSR count). The zero-order valence-corrected chi connectivity index (χ0v) is 4.25. The third-order valence-corrected chi connectivity index (χ3v) is 0.748. The largest absolute Gasteiger partial charge is 0.387 e. The molecule has 0 aromatic rings. The molecule has 0 unspecified atom stereocenters. The summed E-state index contributed by atoms with van der Waals surface area (Å²) < 4.78 is 0. The molecule has 0 aromatic heterocycles. The molecule has 0 radical (unpaired) electrons. The van der Waals surface area contributed by atoms with Crippen molar-refractivity contribution in [2.75, 3.05) is 5.33 Å². The summed E-state index contributed by atoms with van der Waals surface area (Å²) in [6, 6.07) is 0. The molecule has 0 saturated heterocycles. The lowest BCUT2D eigenvalue weighted by molar-refractivity contribution is 1.43. The van der Waals surface area contributed by atoms with Crippen LogP contribution in [0.5, 0.6) is 0 Å². The Morgan fingerprint density at radius 3 is 2.20 bits per heavy atom. The van der Waals surface area contributed by atoms with E-state index in [1.165, 1.54) is 0 Å². The van der Waals surface area contributed by atoms with Gasteiger partial charge in [-0.3, -0.25) is 5.41 Å². The minimum absolute atomic E-state index is 0.171. The van der Waals surface area contributed by atoms with Crippen LogP contribution >= 0.6 is 15.9 Å². The summed E-state index contributed by atoms with van der Waals surface area (Å²) in [5.41, 5.74) is 4.83. The van der Waals surface area contributed by atoms with Gasteiger partial charge in [-0.25, -0.2) is 0 Å². The fraction of sp³-hybridized carbons (Fsp3) is 0.500. The first-order valence-electron chi connectivity index (χ1n) is 1.16. The smallest absolute Gasteiger partial charge is 0.101 e. The number of halogens is 1. The summed E-state index contributed by atoms with van der Waals surface area (Å²) in [6.07, 6.45) is 0. The Balaban J connectivity index is 2.85. The highest BCUT2D eigenvalue weighted by atomic mass is 79.9. The second kappa shape index (κ2) is 2.20. The zero-order valence-electron chi connectivity index (χ0n) is 2.66. The van der Waals surface area contributed by atoms with Crippen molar-refractivity contribution in [1.82, 2.24) is 0 Å². The molecule has 0 amide bonds. The maximum Gasteiger partial charge on any atom is 0.101 e. The minimum atomic E-state index is 0.171. The van der Waals surface area contributed by atoms with E-state index in [0.717, 1.165) is 0 Å². The van der Waals surface area contributed by atoms with Crippen LogP contribution < -0.4 is 5.73 Å². The average Bonchev–Trinajstić information content (AvgIpc) is 1.38. The Kier molecular flexibility index (Phi) is 2.18. The highest BCUT2D eigenvalue weighted by Gasteiger charge is 1.73. The molecular formula is C2H5BrN2. The van der Waals surface area contributed by atoms with E-state index in [9.17, 15) is 0 Å². The molecule has 2 nitrogen and oxygen atoms in total. The summed E-state index contributed by atoms with van der Waals surface area (Å²) >= 11 is 2.96. The summed E-state index contributed by atoms with van der Waals surface area (Å²) in [6.45, 7) is 0. The van der Waals surface area contributed by atoms with E-state index in [1.807, 2.05) is 0 Å². The van der Waals surface area contributed by atoms with Crippen molar-refractivity contribution in [3.05, 3.63) is 0 Å². The highest BCUT2D eigenvalue weighted by molar-refractivity contribution is 9.09. The molecule has 0 aliphatic rings. The molecule has 0 heterocycles. The second-order valence-electron chi connectivity index (χ2n) is 0.659. The number of amidine groups is 1. The van der Waals surface area contributed by atoms with Crippen LogP contribution in [0.2, 0.25) is 0 Å². The van der Waals surface area contributed by atoms with Crippen molar-refractivity contribution >= 4 is 21.8 Å². The van der Waals surface area contributed by atoms with E-state index >= 15 is 0 Å². The van der Waals surface area contributed by atoms with Crippen molar-refractivity contribution in [3.63, 3.8) is 0 Å². The molecule has 3 N–H and O–H groups in total. The number of hydrogen-bond donors (Lipinski definition) is 2. The third-order valence-electron chi connectivity index (χ3n) is 0.144. The van der Waals surface area contributed by atoms with E-state index in [1.54, 1.807) is 0 Å². The van der Waals surface area contributed by atoms with Gasteiger partial charge in [0.15, 0.2) is 0 Å². The van der Waals surface area contributed by atoms with Crippen molar-refractivity contribution in [2.45, 2.75) is 0 Å². The molecule has 0 atom stereocenters. The Bertz CT molecular complexity index is 42.9. The van der Waals surface area contributed by atoms with Crippen molar-refractivity contribution in [1.29, 1.82) is 5.41 Å². The first-order valence-corrected chi connectivity index (χ1v) is 2.28. The summed E-state index contributed by atoms with van der Waals surface area (Å²) in [7, 11) is 0. The molecule has 0 aromatic carbocycles. The van der Waals surface area contributed by atoms with Gasteiger partial charge in [-0.1, -0.05) is 15.9 Å². The highest BCUT2D eigenvalue weighted by Crippen LogP contribution is 1.71. The van der Waals surface area contributed by atoms with Crippen molar-refractivity contribution in [3.8, 4) is 0 Å². The van der Waals surface area contributed by atoms with Crippen LogP contribution in [-0.2, 0) is 0 Å². The maximum absolute atomic E-state index is 6.47. The molecule has 0 aliphatic heterocycles. The summed E-state index contributed by atoms with van der Waals surface area (Å²) in [5.74, 6) is 0.171. The molecule has 0 saturated carbocycles. The standard InChI is InChI=1S/C2H5BrN2/c3-1-2(4)5/h1H2,(H3,4,5). The van der Waals surface area contributed by atoms with Crippen LogP contribution in [0.3, 0.4) is 0 Å². The van der Waals surface area contributed by atoms with Crippen LogP contribution in [0.25, 0.3) is 0 Å². The van der Waals surface area contributed by atoms with Gasteiger partial charge in [0.1, 0.15) is 5.84 Å². The van der Waals surface area contributed by atoms with Crippen LogP contribution in [0.1, 0.15) is 0 Å². The van der Waals surface area contributed by atoms with Crippen LogP contribution in [0.15, 0.2) is 0 Å². The van der Waals surface area contributed by atoms with Gasteiger partial charge in [-0.05, 0) is 0 Å². The van der Waals surface area contributed by atoms with Crippen LogP contribution in [0.4, 0.5) is 0 Å². The number of nitrogens with two attached hydrogens (primary N) is 1. The lowest BCUT2D eigenvalue weighted by atomic mass is 10.7. The Hall–Kier alpha value is -0.0500. The number of nitrogens with one attached hydrogen (secondary N) is 1. The first kappa shape index (κ1) is 4.95. The summed E-state index contributed by atoms with van der Waals surface area (Å²) in [4.78, 5) is 0. The minimum Gasteiger partial charge on any atom is -0.387 e. The van der Waals surface area contributed by atoms with E-state index in [0.29, 0.717) is 5.33 Å². The van der Waals surface area contributed by atoms with Gasteiger partial charge in [-0.15, -0.1) is 0 Å². The van der Waals surface area contributed by atoms with E-state index in [4.69, 9.17) is 11.1 Å². The molecule has 30 valence electrons. The molecule has 0 spiro atoms. The van der Waals surface area contributed by atoms with Crippen molar-refractivity contribution < 1.29 is 0 Å². The molecule has 0 aliphatic carbocycles. The predicted molar refractivity (Wildman–Crippen MR) is 25.7 cm³/mol. The molecule has 5 heavy (non-hydrogen) atoms. The van der Waals surface area contributed by atoms with Gasteiger partial charge in [0.05, 0.1) is 5.33 Å². The fourth-order valence-corrected chi connectivity index (χ4v) is 0. The monoisotopic (exact) mass is 136 g/mol. The average molecular weight is 137 g/mol. The predicted octanol–water partition coefficient (Wildman–Crippen LogP) is 0.317. The number of rotatable bonds is 1. The van der Waals surface area contributed by atoms with Crippen molar-refractivity contribution in [2.24, 2.45) is 5.73 Å². The van der Waals surface area contributed by atoms with Gasteiger partial charge in [0, 0.05) is 0 Å². The molecular weight excluding hydrogens is 132 g/mol. The normalized spacial score (nSPS) is 7.40. The molecule has 0 fully saturated rings. The maximum atomic E-state index is 6.47. The van der Waals surface area contributed by atoms with Gasteiger partial charge >= 0.3 is 0 Å². The number of alkyl halides is 1. The van der Waals surface area contributed by atoms with E-state index < -0.39 is 0 Å². The van der Waals surface area contributed by atoms with Gasteiger partial charge < -0.3 is 5.73 Å². The van der Waals surface area contributed by atoms with Gasteiger partial charge in [-0.2, -0.15) is 0 Å². The summed E-state index contributed by atoms with van der Waals surface area (Å²) in [5, 5.41) is 6.95. The van der Waals surface area contributed by atoms with Gasteiger partial charge in [0.2, 0.25) is 0 Å². The number of hydrogen-bond acceptors (Lipinski definition) is 1. The first-order chi connectivity index (χ1) is 2.27. The molecule has 0 bridgehead atoms. The van der Waals surface area contributed by atoms with Crippen LogP contribution in [0, 0.1) is 5.41 Å². The topological polar surface area (TPSA) is 49.9 Å². The second-order valence-corrected chi connectivity index (χ2v) is 1.22. The Morgan fingerprint density at radius 2 is 2.20 bits per heavy atom. The molecule has 3 heteroatoms. The van der Waals surface area contributed by atoms with E-state index in [2.05, 4.69) is 15.9 Å². The Labute approximate surface area is 39.0 Å². The van der Waals surface area contributed by atoms with Crippen LogP contribution in [-0.4, -0.2) is 11.2 Å².